The van der Waals surface area contributed by atoms with Crippen LogP contribution in [0.1, 0.15) is 70.4 Å². The van der Waals surface area contributed by atoms with Crippen molar-refractivity contribution in [1.82, 2.24) is 24.1 Å². The van der Waals surface area contributed by atoms with Crippen molar-refractivity contribution in [1.29, 1.82) is 0 Å². The third-order valence-electron chi connectivity index (χ3n) is 7.05. The van der Waals surface area contributed by atoms with Gasteiger partial charge in [-0.25, -0.2) is 9.31 Å². The van der Waals surface area contributed by atoms with E-state index in [4.69, 9.17) is 4.74 Å². The Kier molecular flexibility index (Phi) is 5.93. The first-order chi connectivity index (χ1) is 17.0. The highest BCUT2D eigenvalue weighted by atomic mass is 16.6. The number of amides is 1. The van der Waals surface area contributed by atoms with Gasteiger partial charge in [0.05, 0.1) is 11.4 Å². The molecule has 5 rings (SSSR count). The SMILES string of the molecule is CC(C)c1c(-c2ccc3c(=O)n(C)cnn23)[nH]c2ccc(C3CCN(C(=O)OC(C)(C)C)CC3)cc12. The highest BCUT2D eigenvalue weighted by molar-refractivity contribution is 5.92. The lowest BCUT2D eigenvalue weighted by molar-refractivity contribution is 0.0205. The van der Waals surface area contributed by atoms with Gasteiger partial charge in [-0.2, -0.15) is 5.10 Å². The molecule has 0 saturated carbocycles. The summed E-state index contributed by atoms with van der Waals surface area (Å²) >= 11 is 0. The fourth-order valence-electron chi connectivity index (χ4n) is 5.27. The van der Waals surface area contributed by atoms with Gasteiger partial charge in [0.2, 0.25) is 0 Å². The molecule has 0 radical (unpaired) electrons. The predicted molar refractivity (Wildman–Crippen MR) is 142 cm³/mol. The minimum atomic E-state index is -0.480. The average molecular weight is 490 g/mol. The van der Waals surface area contributed by atoms with E-state index in [1.807, 2.05) is 37.8 Å². The molecule has 0 bridgehead atoms. The van der Waals surface area contributed by atoms with Crippen LogP contribution in [0.15, 0.2) is 41.5 Å². The zero-order valence-corrected chi connectivity index (χ0v) is 22.0. The Morgan fingerprint density at radius 2 is 1.86 bits per heavy atom. The van der Waals surface area contributed by atoms with Crippen molar-refractivity contribution >= 4 is 22.5 Å². The maximum absolute atomic E-state index is 12.6. The number of carbonyl (C=O) groups excluding carboxylic acids is 1. The molecule has 0 spiro atoms. The smallest absolute Gasteiger partial charge is 0.410 e. The second kappa shape index (κ2) is 8.84. The van der Waals surface area contributed by atoms with Crippen molar-refractivity contribution < 1.29 is 9.53 Å². The van der Waals surface area contributed by atoms with E-state index in [1.54, 1.807) is 17.9 Å². The first-order valence-electron chi connectivity index (χ1n) is 12.7. The van der Waals surface area contributed by atoms with Crippen molar-refractivity contribution in [3.05, 3.63) is 58.1 Å². The van der Waals surface area contributed by atoms with Gasteiger partial charge in [0.15, 0.2) is 0 Å². The second-order valence-electron chi connectivity index (χ2n) is 11.2. The second-order valence-corrected chi connectivity index (χ2v) is 11.2. The van der Waals surface area contributed by atoms with Crippen LogP contribution >= 0.6 is 0 Å². The van der Waals surface area contributed by atoms with E-state index in [-0.39, 0.29) is 17.6 Å². The number of benzene rings is 1. The molecular weight excluding hydrogens is 454 g/mol. The Morgan fingerprint density at radius 1 is 1.14 bits per heavy atom. The van der Waals surface area contributed by atoms with Crippen LogP contribution in [0.3, 0.4) is 0 Å². The highest BCUT2D eigenvalue weighted by Crippen LogP contribution is 2.38. The minimum Gasteiger partial charge on any atom is -0.444 e. The molecule has 36 heavy (non-hydrogen) atoms. The zero-order chi connectivity index (χ0) is 25.8. The van der Waals surface area contributed by atoms with E-state index in [0.29, 0.717) is 24.5 Å². The van der Waals surface area contributed by atoms with Crippen LogP contribution in [0, 0.1) is 0 Å². The van der Waals surface area contributed by atoms with Crippen molar-refractivity contribution in [2.24, 2.45) is 7.05 Å². The first kappa shape index (κ1) is 24.2. The molecule has 1 saturated heterocycles. The molecule has 1 N–H and O–H groups in total. The lowest BCUT2D eigenvalue weighted by Gasteiger charge is -2.33. The van der Waals surface area contributed by atoms with E-state index >= 15 is 0 Å². The molecule has 3 aromatic heterocycles. The van der Waals surface area contributed by atoms with Crippen molar-refractivity contribution in [2.45, 2.75) is 64.9 Å². The van der Waals surface area contributed by atoms with E-state index in [1.165, 1.54) is 21.1 Å². The molecule has 1 aliphatic rings. The molecule has 0 atom stereocenters. The number of nitrogens with one attached hydrogen (secondary N) is 1. The number of nitrogens with zero attached hydrogens (tertiary/aromatic N) is 4. The Labute approximate surface area is 210 Å². The van der Waals surface area contributed by atoms with Gasteiger partial charge in [0.1, 0.15) is 17.4 Å². The maximum Gasteiger partial charge on any atom is 0.410 e. The molecule has 8 nitrogen and oxygen atoms in total. The van der Waals surface area contributed by atoms with Crippen molar-refractivity contribution in [3.8, 4) is 11.4 Å². The Balaban J connectivity index is 1.47. The van der Waals surface area contributed by atoms with Gasteiger partial charge >= 0.3 is 6.09 Å². The number of piperidine rings is 1. The molecule has 1 aromatic carbocycles. The number of aromatic nitrogens is 4. The van der Waals surface area contributed by atoms with Crippen LogP contribution in [0.4, 0.5) is 4.79 Å². The first-order valence-corrected chi connectivity index (χ1v) is 12.7. The number of carbonyl (C=O) groups is 1. The number of fused-ring (bicyclic) bond motifs is 2. The predicted octanol–water partition coefficient (Wildman–Crippen LogP) is 5.42. The van der Waals surface area contributed by atoms with Crippen molar-refractivity contribution in [3.63, 3.8) is 0 Å². The normalized spacial score (nSPS) is 15.4. The third-order valence-corrected chi connectivity index (χ3v) is 7.05. The molecule has 8 heteroatoms. The van der Waals surface area contributed by atoms with E-state index in [9.17, 15) is 9.59 Å². The van der Waals surface area contributed by atoms with Crippen LogP contribution in [0.25, 0.3) is 27.8 Å². The number of hydrogen-bond acceptors (Lipinski definition) is 4. The van der Waals surface area contributed by atoms with Crippen LogP contribution < -0.4 is 5.56 Å². The molecule has 190 valence electrons. The van der Waals surface area contributed by atoms with Gasteiger partial charge in [-0.05, 0) is 80.8 Å². The molecule has 4 aromatic rings. The van der Waals surface area contributed by atoms with Crippen molar-refractivity contribution in [2.75, 3.05) is 13.1 Å². The van der Waals surface area contributed by atoms with E-state index in [0.717, 1.165) is 29.7 Å². The molecule has 1 amide bonds. The number of aryl methyl sites for hydroxylation is 1. The molecule has 0 unspecified atom stereocenters. The topological polar surface area (TPSA) is 84.6 Å². The largest absolute Gasteiger partial charge is 0.444 e. The lowest BCUT2D eigenvalue weighted by atomic mass is 9.88. The summed E-state index contributed by atoms with van der Waals surface area (Å²) in [5.74, 6) is 0.667. The average Bonchev–Trinajstić information content (AvgIpc) is 3.41. The monoisotopic (exact) mass is 489 g/mol. The summed E-state index contributed by atoms with van der Waals surface area (Å²) in [4.78, 5) is 30.5. The van der Waals surface area contributed by atoms with E-state index in [2.05, 4.69) is 42.1 Å². The number of rotatable bonds is 3. The van der Waals surface area contributed by atoms with Gasteiger partial charge in [0.25, 0.3) is 5.56 Å². The lowest BCUT2D eigenvalue weighted by Crippen LogP contribution is -2.41. The zero-order valence-electron chi connectivity index (χ0n) is 22.0. The van der Waals surface area contributed by atoms with Crippen LogP contribution in [-0.2, 0) is 11.8 Å². The third kappa shape index (κ3) is 4.29. The standard InChI is InChI=1S/C28H35N5O3/c1-17(2)24-20-15-19(18-11-13-32(14-12-18)27(35)36-28(3,4)5)7-8-21(20)30-25(24)22-9-10-23-26(34)31(6)16-29-33(22)23/h7-10,15-18,30H,11-14H2,1-6H3. The summed E-state index contributed by atoms with van der Waals surface area (Å²) in [7, 11) is 1.71. The Hall–Kier alpha value is -3.55. The fraction of sp³-hybridized carbons (Fsp3) is 0.464. The number of aromatic amines is 1. The minimum absolute atomic E-state index is 0.0709. The maximum atomic E-state index is 12.6. The van der Waals surface area contributed by atoms with Gasteiger partial charge in [0, 0.05) is 31.0 Å². The summed E-state index contributed by atoms with van der Waals surface area (Å²) in [6.07, 6.45) is 3.15. The van der Waals surface area contributed by atoms with Gasteiger partial charge < -0.3 is 14.6 Å². The number of ether oxygens (including phenoxy) is 1. The van der Waals surface area contributed by atoms with Crippen LogP contribution in [0.2, 0.25) is 0 Å². The Morgan fingerprint density at radius 3 is 2.53 bits per heavy atom. The number of hydrogen-bond donors (Lipinski definition) is 1. The Bertz CT molecular complexity index is 1490. The molecule has 1 fully saturated rings. The quantitative estimate of drug-likeness (QED) is 0.416. The van der Waals surface area contributed by atoms with Gasteiger partial charge in [-0.15, -0.1) is 0 Å². The van der Waals surface area contributed by atoms with Crippen LogP contribution in [-0.4, -0.2) is 48.8 Å². The summed E-state index contributed by atoms with van der Waals surface area (Å²) in [6.45, 7) is 11.5. The van der Waals surface area contributed by atoms with Gasteiger partial charge in [-0.3, -0.25) is 9.36 Å². The highest BCUT2D eigenvalue weighted by Gasteiger charge is 2.28. The van der Waals surface area contributed by atoms with E-state index < -0.39 is 5.60 Å². The molecule has 1 aliphatic heterocycles. The number of H-pyrrole nitrogens is 1. The summed E-state index contributed by atoms with van der Waals surface area (Å²) in [5.41, 5.74) is 5.48. The number of likely N-dealkylation sites (tertiary alicyclic amines) is 1. The molecule has 4 heterocycles. The summed E-state index contributed by atoms with van der Waals surface area (Å²) in [5, 5.41) is 5.70. The van der Waals surface area contributed by atoms with Crippen LogP contribution in [0.5, 0.6) is 0 Å². The molecule has 0 aliphatic carbocycles. The summed E-state index contributed by atoms with van der Waals surface area (Å²) in [6, 6.07) is 10.5. The van der Waals surface area contributed by atoms with Gasteiger partial charge in [-0.1, -0.05) is 19.9 Å². The fourth-order valence-corrected chi connectivity index (χ4v) is 5.27. The molecular formula is C28H35N5O3. The summed E-state index contributed by atoms with van der Waals surface area (Å²) < 4.78 is 8.78.